The van der Waals surface area contributed by atoms with Gasteiger partial charge in [0.25, 0.3) is 0 Å². The molecule has 19 heavy (non-hydrogen) atoms. The van der Waals surface area contributed by atoms with Gasteiger partial charge in [-0.05, 0) is 44.4 Å². The average Bonchev–Trinajstić information content (AvgIpc) is 2.25. The Balaban J connectivity index is 2.35. The van der Waals surface area contributed by atoms with Crippen LogP contribution in [0, 0.1) is 0 Å². The Morgan fingerprint density at radius 2 is 1.74 bits per heavy atom. The summed E-state index contributed by atoms with van der Waals surface area (Å²) in [6.07, 6.45) is 3.09. The Hall–Kier alpha value is -1.07. The molecule has 0 amide bonds. The molecule has 0 spiro atoms. The maximum absolute atomic E-state index is 11.2. The van der Waals surface area contributed by atoms with Crippen molar-refractivity contribution in [2.24, 2.45) is 0 Å². The zero-order valence-corrected chi connectivity index (χ0v) is 12.6. The Labute approximate surface area is 115 Å². The van der Waals surface area contributed by atoms with Crippen molar-refractivity contribution < 1.29 is 13.5 Å². The van der Waals surface area contributed by atoms with Gasteiger partial charge in [-0.25, -0.2) is 8.42 Å². The van der Waals surface area contributed by atoms with E-state index < -0.39 is 9.84 Å². The third-order valence-corrected chi connectivity index (χ3v) is 4.03. The van der Waals surface area contributed by atoms with Crippen LogP contribution >= 0.6 is 0 Å². The maximum Gasteiger partial charge on any atom is 0.148 e. The van der Waals surface area contributed by atoms with Crippen LogP contribution in [0.3, 0.4) is 0 Å². The van der Waals surface area contributed by atoms with E-state index in [1.807, 2.05) is 19.1 Å². The molecule has 0 saturated carbocycles. The van der Waals surface area contributed by atoms with E-state index in [0.717, 1.165) is 12.8 Å². The van der Waals surface area contributed by atoms with Crippen molar-refractivity contribution in [1.82, 2.24) is 5.32 Å². The lowest BCUT2D eigenvalue weighted by Crippen LogP contribution is -2.39. The summed E-state index contributed by atoms with van der Waals surface area (Å²) in [4.78, 5) is 0. The molecule has 0 aromatic heterocycles. The number of rotatable bonds is 7. The van der Waals surface area contributed by atoms with E-state index in [0.29, 0.717) is 0 Å². The van der Waals surface area contributed by atoms with Gasteiger partial charge in [-0.15, -0.1) is 0 Å². The quantitative estimate of drug-likeness (QED) is 0.801. The van der Waals surface area contributed by atoms with E-state index >= 15 is 0 Å². The van der Waals surface area contributed by atoms with Crippen LogP contribution in [0.15, 0.2) is 24.3 Å². The van der Waals surface area contributed by atoms with E-state index in [9.17, 15) is 13.5 Å². The van der Waals surface area contributed by atoms with Crippen LogP contribution in [0.25, 0.3) is 0 Å². The van der Waals surface area contributed by atoms with Crippen molar-refractivity contribution >= 4 is 9.84 Å². The second kappa shape index (κ2) is 6.91. The summed E-state index contributed by atoms with van der Waals surface area (Å²) in [5.74, 6) is 0.438. The van der Waals surface area contributed by atoms with Crippen molar-refractivity contribution in [3.05, 3.63) is 29.8 Å². The molecule has 1 aromatic rings. The summed E-state index contributed by atoms with van der Waals surface area (Å²) >= 11 is 0. The molecule has 5 heteroatoms. The summed E-state index contributed by atoms with van der Waals surface area (Å²) in [7, 11) is -2.93. The molecule has 108 valence electrons. The predicted octanol–water partition coefficient (Wildman–Crippen LogP) is 1.74. The van der Waals surface area contributed by atoms with Gasteiger partial charge in [0.15, 0.2) is 0 Å². The van der Waals surface area contributed by atoms with Gasteiger partial charge in [-0.1, -0.05) is 12.1 Å². The van der Waals surface area contributed by atoms with E-state index in [-0.39, 0.29) is 23.6 Å². The number of nitrogens with one attached hydrogen (secondary N) is 1. The molecular weight excluding hydrogens is 262 g/mol. The highest BCUT2D eigenvalue weighted by molar-refractivity contribution is 7.90. The largest absolute Gasteiger partial charge is 0.508 e. The van der Waals surface area contributed by atoms with Gasteiger partial charge in [-0.2, -0.15) is 0 Å². The van der Waals surface area contributed by atoms with E-state index in [1.54, 1.807) is 12.1 Å². The van der Waals surface area contributed by atoms with Crippen LogP contribution in [0.5, 0.6) is 5.75 Å². The van der Waals surface area contributed by atoms with Gasteiger partial charge in [0.1, 0.15) is 15.6 Å². The number of phenolic OH excluding ortho intramolecular Hbond substituents is 1. The standard InChI is InChI=1S/C14H23NO3S/c1-11(15-12(2)10-19(3,17)18)4-5-13-6-8-14(16)9-7-13/h6-9,11-12,15-16H,4-5,10H2,1-3H3. The van der Waals surface area contributed by atoms with Crippen molar-refractivity contribution in [3.63, 3.8) is 0 Å². The summed E-state index contributed by atoms with van der Waals surface area (Å²) in [5.41, 5.74) is 1.17. The van der Waals surface area contributed by atoms with Crippen molar-refractivity contribution in [3.8, 4) is 5.75 Å². The second-order valence-corrected chi connectivity index (χ2v) is 7.45. The molecule has 0 radical (unpaired) electrons. The number of aryl methyl sites for hydroxylation is 1. The van der Waals surface area contributed by atoms with E-state index in [2.05, 4.69) is 12.2 Å². The summed E-state index contributed by atoms with van der Waals surface area (Å²) < 4.78 is 22.3. The maximum atomic E-state index is 11.2. The van der Waals surface area contributed by atoms with Crippen molar-refractivity contribution in [2.45, 2.75) is 38.8 Å². The molecule has 2 unspecified atom stereocenters. The smallest absolute Gasteiger partial charge is 0.148 e. The van der Waals surface area contributed by atoms with Gasteiger partial charge in [0.2, 0.25) is 0 Å². The monoisotopic (exact) mass is 285 g/mol. The lowest BCUT2D eigenvalue weighted by atomic mass is 10.1. The highest BCUT2D eigenvalue weighted by Gasteiger charge is 2.12. The van der Waals surface area contributed by atoms with E-state index in [1.165, 1.54) is 11.8 Å². The van der Waals surface area contributed by atoms with Gasteiger partial charge >= 0.3 is 0 Å². The zero-order chi connectivity index (χ0) is 14.5. The summed E-state index contributed by atoms with van der Waals surface area (Å²) in [6, 6.07) is 7.39. The number of hydrogen-bond acceptors (Lipinski definition) is 4. The SMILES string of the molecule is CC(CCc1ccc(O)cc1)NC(C)CS(C)(=O)=O. The van der Waals surface area contributed by atoms with Crippen LogP contribution in [-0.4, -0.2) is 37.6 Å². The molecule has 4 nitrogen and oxygen atoms in total. The number of hydrogen-bond donors (Lipinski definition) is 2. The normalized spacial score (nSPS) is 15.1. The average molecular weight is 285 g/mol. The molecular formula is C14H23NO3S. The molecule has 0 aliphatic carbocycles. The highest BCUT2D eigenvalue weighted by atomic mass is 32.2. The number of aromatic hydroxyl groups is 1. The summed E-state index contributed by atoms with van der Waals surface area (Å²) in [5, 5.41) is 12.5. The van der Waals surface area contributed by atoms with Gasteiger partial charge in [0, 0.05) is 18.3 Å². The fourth-order valence-electron chi connectivity index (χ4n) is 2.12. The minimum Gasteiger partial charge on any atom is -0.508 e. The lowest BCUT2D eigenvalue weighted by molar-refractivity contribution is 0.463. The number of sulfone groups is 1. The summed E-state index contributed by atoms with van der Waals surface area (Å²) in [6.45, 7) is 3.94. The van der Waals surface area contributed by atoms with Crippen LogP contribution in [0.4, 0.5) is 0 Å². The fraction of sp³-hybridized carbons (Fsp3) is 0.571. The van der Waals surface area contributed by atoms with Crippen LogP contribution in [0.2, 0.25) is 0 Å². The first-order valence-electron chi connectivity index (χ1n) is 6.48. The van der Waals surface area contributed by atoms with Gasteiger partial charge in [-0.3, -0.25) is 0 Å². The Kier molecular flexibility index (Phi) is 5.82. The first kappa shape index (κ1) is 16.0. The molecule has 1 rings (SSSR count). The Morgan fingerprint density at radius 1 is 1.16 bits per heavy atom. The molecule has 0 saturated heterocycles. The molecule has 1 aromatic carbocycles. The molecule has 2 N–H and O–H groups in total. The molecule has 0 aliphatic heterocycles. The molecule has 0 heterocycles. The Morgan fingerprint density at radius 3 is 2.26 bits per heavy atom. The van der Waals surface area contributed by atoms with Crippen LogP contribution in [0.1, 0.15) is 25.8 Å². The van der Waals surface area contributed by atoms with Crippen molar-refractivity contribution in [2.75, 3.05) is 12.0 Å². The van der Waals surface area contributed by atoms with Gasteiger partial charge in [0.05, 0.1) is 5.75 Å². The molecule has 0 fully saturated rings. The number of benzene rings is 1. The molecule has 0 aliphatic rings. The third kappa shape index (κ3) is 7.18. The fourth-order valence-corrected chi connectivity index (χ4v) is 3.12. The number of phenols is 1. The zero-order valence-electron chi connectivity index (χ0n) is 11.8. The van der Waals surface area contributed by atoms with Crippen molar-refractivity contribution in [1.29, 1.82) is 0 Å². The first-order valence-corrected chi connectivity index (χ1v) is 8.54. The first-order chi connectivity index (χ1) is 8.76. The third-order valence-electron chi connectivity index (χ3n) is 2.92. The molecule has 2 atom stereocenters. The van der Waals surface area contributed by atoms with Crippen LogP contribution in [-0.2, 0) is 16.3 Å². The topological polar surface area (TPSA) is 66.4 Å². The second-order valence-electron chi connectivity index (χ2n) is 5.27. The lowest BCUT2D eigenvalue weighted by Gasteiger charge is -2.19. The highest BCUT2D eigenvalue weighted by Crippen LogP contribution is 2.12. The van der Waals surface area contributed by atoms with Gasteiger partial charge < -0.3 is 10.4 Å². The minimum atomic E-state index is -2.93. The van der Waals surface area contributed by atoms with Crippen LogP contribution < -0.4 is 5.32 Å². The minimum absolute atomic E-state index is 0.0372. The van der Waals surface area contributed by atoms with E-state index in [4.69, 9.17) is 0 Å². The Bertz CT molecular complexity index is 482. The predicted molar refractivity (Wildman–Crippen MR) is 78.2 cm³/mol. The molecule has 0 bridgehead atoms.